The number of carboxylic acid groups (broad SMARTS) is 1. The van der Waals surface area contributed by atoms with Crippen LogP contribution in [-0.2, 0) is 11.8 Å². The van der Waals surface area contributed by atoms with E-state index in [1.165, 1.54) is 10.6 Å². The van der Waals surface area contributed by atoms with Gasteiger partial charge in [-0.2, -0.15) is 0 Å². The van der Waals surface area contributed by atoms with E-state index >= 15 is 0 Å². The van der Waals surface area contributed by atoms with Crippen molar-refractivity contribution >= 4 is 17.1 Å². The molecule has 1 unspecified atom stereocenters. The van der Waals surface area contributed by atoms with Crippen molar-refractivity contribution in [2.24, 2.45) is 12.8 Å². The highest BCUT2D eigenvalue weighted by Crippen LogP contribution is 2.18. The van der Waals surface area contributed by atoms with Gasteiger partial charge in [0.05, 0.1) is 5.52 Å². The molecule has 1 aromatic heterocycles. The monoisotopic (exact) mass is 248 g/mol. The Kier molecular flexibility index (Phi) is 3.03. The fourth-order valence-corrected chi connectivity index (χ4v) is 1.65. The van der Waals surface area contributed by atoms with Crippen LogP contribution >= 0.6 is 0 Å². The summed E-state index contributed by atoms with van der Waals surface area (Å²) in [5, 5.41) is 8.52. The number of carbonyl (C=O) groups is 1. The molecule has 94 valence electrons. The Morgan fingerprint density at radius 2 is 2.28 bits per heavy atom. The van der Waals surface area contributed by atoms with Crippen molar-refractivity contribution in [3.63, 3.8) is 0 Å². The number of rotatable bonds is 3. The first kappa shape index (κ1) is 12.1. The molecule has 0 bridgehead atoms. The van der Waals surface area contributed by atoms with Gasteiger partial charge < -0.3 is 15.3 Å². The van der Waals surface area contributed by atoms with Crippen LogP contribution in [0, 0.1) is 0 Å². The lowest BCUT2D eigenvalue weighted by Crippen LogP contribution is -2.08. The van der Waals surface area contributed by atoms with Gasteiger partial charge in [-0.25, -0.2) is 9.59 Å². The van der Waals surface area contributed by atoms with Crippen LogP contribution in [0.4, 0.5) is 0 Å². The van der Waals surface area contributed by atoms with E-state index in [-0.39, 0.29) is 0 Å². The van der Waals surface area contributed by atoms with Crippen molar-refractivity contribution in [3.8, 4) is 0 Å². The molecule has 0 amide bonds. The first-order valence-electron chi connectivity index (χ1n) is 5.25. The molecule has 0 aliphatic heterocycles. The molecule has 0 spiro atoms. The summed E-state index contributed by atoms with van der Waals surface area (Å²) in [6.45, 7) is 0. The molecule has 0 saturated heterocycles. The molecular formula is C12H12N2O4. The van der Waals surface area contributed by atoms with Gasteiger partial charge in [0.25, 0.3) is 0 Å². The van der Waals surface area contributed by atoms with Crippen LogP contribution in [0.1, 0.15) is 11.6 Å². The third-order valence-corrected chi connectivity index (χ3v) is 2.65. The fraction of sp³-hybridized carbons (Fsp3) is 0.167. The molecule has 3 N–H and O–H groups in total. The minimum absolute atomic E-state index is 0.430. The van der Waals surface area contributed by atoms with E-state index in [1.807, 2.05) is 0 Å². The largest absolute Gasteiger partial charge is 0.478 e. The number of carboxylic acids is 1. The lowest BCUT2D eigenvalue weighted by atomic mass is 10.1. The van der Waals surface area contributed by atoms with Gasteiger partial charge in [0.1, 0.15) is 0 Å². The van der Waals surface area contributed by atoms with Crippen LogP contribution < -0.4 is 11.5 Å². The summed E-state index contributed by atoms with van der Waals surface area (Å²) in [4.78, 5) is 21.7. The van der Waals surface area contributed by atoms with Crippen molar-refractivity contribution in [3.05, 3.63) is 46.5 Å². The SMILES string of the molecule is Cn1c(=O)oc2cc(C(N)/C=C/C(=O)O)ccc21. The molecule has 0 radical (unpaired) electrons. The lowest BCUT2D eigenvalue weighted by molar-refractivity contribution is -0.131. The average molecular weight is 248 g/mol. The summed E-state index contributed by atoms with van der Waals surface area (Å²) in [5.74, 6) is -1.51. The zero-order valence-corrected chi connectivity index (χ0v) is 9.66. The molecule has 2 aromatic rings. The maximum atomic E-state index is 11.3. The molecule has 0 fully saturated rings. The molecule has 1 heterocycles. The molecule has 0 saturated carbocycles. The van der Waals surface area contributed by atoms with Crippen LogP contribution in [0.25, 0.3) is 11.1 Å². The highest BCUT2D eigenvalue weighted by molar-refractivity contribution is 5.80. The standard InChI is InChI=1S/C12H12N2O4/c1-14-9-4-2-7(6-10(9)18-12(14)17)8(13)3-5-11(15)16/h2-6,8H,13H2,1H3,(H,15,16)/b5-3+. The van der Waals surface area contributed by atoms with E-state index < -0.39 is 17.8 Å². The fourth-order valence-electron chi connectivity index (χ4n) is 1.65. The Labute approximate surface area is 102 Å². The Morgan fingerprint density at radius 1 is 1.56 bits per heavy atom. The quantitative estimate of drug-likeness (QED) is 0.782. The van der Waals surface area contributed by atoms with Gasteiger partial charge in [-0.1, -0.05) is 12.1 Å². The van der Waals surface area contributed by atoms with Crippen LogP contribution in [-0.4, -0.2) is 15.6 Å². The predicted molar refractivity (Wildman–Crippen MR) is 65.2 cm³/mol. The second-order valence-electron chi connectivity index (χ2n) is 3.88. The number of nitrogens with two attached hydrogens (primary N) is 1. The third-order valence-electron chi connectivity index (χ3n) is 2.65. The van der Waals surface area contributed by atoms with Gasteiger partial charge in [0.2, 0.25) is 0 Å². The summed E-state index contributed by atoms with van der Waals surface area (Å²) in [6, 6.07) is 4.52. The number of nitrogens with zero attached hydrogens (tertiary/aromatic N) is 1. The summed E-state index contributed by atoms with van der Waals surface area (Å²) >= 11 is 0. The lowest BCUT2D eigenvalue weighted by Gasteiger charge is -2.05. The zero-order valence-electron chi connectivity index (χ0n) is 9.66. The normalized spacial score (nSPS) is 13.2. The maximum absolute atomic E-state index is 11.3. The molecule has 0 aliphatic carbocycles. The second kappa shape index (κ2) is 4.50. The van der Waals surface area contributed by atoms with E-state index in [2.05, 4.69) is 0 Å². The van der Waals surface area contributed by atoms with Crippen molar-refractivity contribution in [1.29, 1.82) is 0 Å². The number of hydrogen-bond acceptors (Lipinski definition) is 4. The summed E-state index contributed by atoms with van der Waals surface area (Å²) in [6.07, 6.45) is 2.35. The van der Waals surface area contributed by atoms with Gasteiger partial charge in [-0.3, -0.25) is 4.57 Å². The Hall–Kier alpha value is -2.34. The van der Waals surface area contributed by atoms with Gasteiger partial charge in [0, 0.05) is 19.2 Å². The van der Waals surface area contributed by atoms with Gasteiger partial charge in [-0.05, 0) is 17.7 Å². The molecule has 6 heteroatoms. The minimum atomic E-state index is -1.06. The van der Waals surface area contributed by atoms with E-state index in [1.54, 1.807) is 25.2 Å². The van der Waals surface area contributed by atoms with Crippen molar-refractivity contribution < 1.29 is 14.3 Å². The number of benzene rings is 1. The first-order chi connectivity index (χ1) is 8.49. The smallest absolute Gasteiger partial charge is 0.419 e. The van der Waals surface area contributed by atoms with E-state index in [0.29, 0.717) is 16.7 Å². The van der Waals surface area contributed by atoms with E-state index in [0.717, 1.165) is 6.08 Å². The van der Waals surface area contributed by atoms with Gasteiger partial charge in [0.15, 0.2) is 5.58 Å². The van der Waals surface area contributed by atoms with Crippen LogP contribution in [0.2, 0.25) is 0 Å². The van der Waals surface area contributed by atoms with E-state index in [4.69, 9.17) is 15.3 Å². The highest BCUT2D eigenvalue weighted by Gasteiger charge is 2.09. The van der Waals surface area contributed by atoms with Gasteiger partial charge in [-0.15, -0.1) is 0 Å². The molecule has 1 aromatic carbocycles. The van der Waals surface area contributed by atoms with Crippen molar-refractivity contribution in [2.75, 3.05) is 0 Å². The first-order valence-corrected chi connectivity index (χ1v) is 5.25. The van der Waals surface area contributed by atoms with Crippen LogP contribution in [0.3, 0.4) is 0 Å². The summed E-state index contributed by atoms with van der Waals surface area (Å²) in [5.41, 5.74) is 7.57. The topological polar surface area (TPSA) is 98.5 Å². The maximum Gasteiger partial charge on any atom is 0.419 e. The minimum Gasteiger partial charge on any atom is -0.478 e. The number of hydrogen-bond donors (Lipinski definition) is 2. The van der Waals surface area contributed by atoms with Crippen LogP contribution in [0.5, 0.6) is 0 Å². The van der Waals surface area contributed by atoms with Crippen molar-refractivity contribution in [1.82, 2.24) is 4.57 Å². The Morgan fingerprint density at radius 3 is 2.94 bits per heavy atom. The molecule has 18 heavy (non-hydrogen) atoms. The van der Waals surface area contributed by atoms with Gasteiger partial charge >= 0.3 is 11.7 Å². The molecule has 6 nitrogen and oxygen atoms in total. The summed E-state index contributed by atoms with van der Waals surface area (Å²) in [7, 11) is 1.61. The number of oxazole rings is 1. The predicted octanol–water partition coefficient (Wildman–Crippen LogP) is 0.772. The number of aryl methyl sites for hydroxylation is 1. The third kappa shape index (κ3) is 2.18. The summed E-state index contributed by atoms with van der Waals surface area (Å²) < 4.78 is 6.41. The van der Waals surface area contributed by atoms with Crippen molar-refractivity contribution in [2.45, 2.75) is 6.04 Å². The average Bonchev–Trinajstić information content (AvgIpc) is 2.61. The second-order valence-corrected chi connectivity index (χ2v) is 3.88. The Balaban J connectivity index is 2.41. The number of aliphatic carboxylic acids is 1. The highest BCUT2D eigenvalue weighted by atomic mass is 16.4. The number of aromatic nitrogens is 1. The number of fused-ring (bicyclic) bond motifs is 1. The molecular weight excluding hydrogens is 236 g/mol. The van der Waals surface area contributed by atoms with E-state index in [9.17, 15) is 9.59 Å². The van der Waals surface area contributed by atoms with Crippen LogP contribution in [0.15, 0.2) is 39.6 Å². The molecule has 0 aliphatic rings. The molecule has 1 atom stereocenters. The Bertz CT molecular complexity index is 681. The molecule has 2 rings (SSSR count). The zero-order chi connectivity index (χ0) is 13.3.